The minimum absolute atomic E-state index is 0.624. The fourth-order valence-electron chi connectivity index (χ4n) is 7.81. The molecule has 1 heterocycles. The first-order valence-corrected chi connectivity index (χ1v) is 19.3. The Hall–Kier alpha value is -8.00. The van der Waals surface area contributed by atoms with E-state index >= 15 is 0 Å². The fourth-order valence-corrected chi connectivity index (χ4v) is 7.81. The molecule has 0 N–H and O–H groups in total. The zero-order valence-corrected chi connectivity index (χ0v) is 31.4. The van der Waals surface area contributed by atoms with Crippen LogP contribution < -0.4 is 0 Å². The Morgan fingerprint density at radius 3 is 1.31 bits per heavy atom. The van der Waals surface area contributed by atoms with E-state index < -0.39 is 0 Å². The maximum absolute atomic E-state index is 9.31. The molecule has 0 atom stereocenters. The van der Waals surface area contributed by atoms with Crippen LogP contribution in [0.1, 0.15) is 5.56 Å². The van der Waals surface area contributed by atoms with E-state index in [2.05, 4.69) is 127 Å². The highest BCUT2D eigenvalue weighted by atomic mass is 15.0. The van der Waals surface area contributed by atoms with Gasteiger partial charge in [-0.25, -0.2) is 15.0 Å². The van der Waals surface area contributed by atoms with Crippen molar-refractivity contribution in [2.45, 2.75) is 0 Å². The summed E-state index contributed by atoms with van der Waals surface area (Å²) in [6.45, 7) is 0. The molecule has 0 aliphatic heterocycles. The zero-order chi connectivity index (χ0) is 38.8. The summed E-state index contributed by atoms with van der Waals surface area (Å²) in [4.78, 5) is 14.8. The first kappa shape index (κ1) is 34.5. The molecule has 4 nitrogen and oxygen atoms in total. The molecule has 4 heteroatoms. The lowest BCUT2D eigenvalue weighted by atomic mass is 9.85. The van der Waals surface area contributed by atoms with E-state index in [9.17, 15) is 5.26 Å². The lowest BCUT2D eigenvalue weighted by Gasteiger charge is -2.19. The van der Waals surface area contributed by atoms with Gasteiger partial charge in [-0.2, -0.15) is 5.26 Å². The Morgan fingerprint density at radius 2 is 0.741 bits per heavy atom. The molecule has 1 aromatic heterocycles. The van der Waals surface area contributed by atoms with E-state index in [1.165, 1.54) is 27.1 Å². The first-order valence-electron chi connectivity index (χ1n) is 19.3. The smallest absolute Gasteiger partial charge is 0.164 e. The van der Waals surface area contributed by atoms with Crippen LogP contribution in [0.5, 0.6) is 0 Å². The third-order valence-corrected chi connectivity index (χ3v) is 10.8. The van der Waals surface area contributed by atoms with Gasteiger partial charge >= 0.3 is 0 Å². The Balaban J connectivity index is 1.11. The van der Waals surface area contributed by atoms with Gasteiger partial charge in [0.05, 0.1) is 11.6 Å². The van der Waals surface area contributed by atoms with Crippen LogP contribution in [0.4, 0.5) is 0 Å². The molecule has 0 fully saturated rings. The van der Waals surface area contributed by atoms with Crippen LogP contribution in [-0.2, 0) is 0 Å². The molecule has 0 radical (unpaired) electrons. The van der Waals surface area contributed by atoms with Gasteiger partial charge in [0.15, 0.2) is 17.5 Å². The standard InChI is InChI=1S/C54H34N4/c55-35-36-19-21-37(22-20-36)38-23-27-41(28-24-38)51-47-18-10-9-11-39(47)31-32-48(51)50-34-46-17-8-7-16-45(46)33-49(50)40-25-29-44(30-26-40)54-57-52(42-12-3-1-4-13-42)56-53(58-54)43-14-5-2-6-15-43/h1-34H. The van der Waals surface area contributed by atoms with Gasteiger partial charge in [-0.05, 0) is 90.3 Å². The Bertz CT molecular complexity index is 3070. The summed E-state index contributed by atoms with van der Waals surface area (Å²) in [5, 5.41) is 14.0. The molecule has 0 spiro atoms. The van der Waals surface area contributed by atoms with Crippen molar-refractivity contribution in [2.75, 3.05) is 0 Å². The van der Waals surface area contributed by atoms with E-state index in [1.807, 2.05) is 84.9 Å². The van der Waals surface area contributed by atoms with E-state index in [0.717, 1.165) is 55.6 Å². The summed E-state index contributed by atoms with van der Waals surface area (Å²) in [6, 6.07) is 73.9. The second-order valence-corrected chi connectivity index (χ2v) is 14.3. The van der Waals surface area contributed by atoms with Crippen molar-refractivity contribution >= 4 is 21.5 Å². The molecule has 9 aromatic carbocycles. The predicted octanol–water partition coefficient (Wildman–Crippen LogP) is 13.7. The molecule has 0 saturated heterocycles. The highest BCUT2D eigenvalue weighted by Gasteiger charge is 2.18. The molecule has 0 aliphatic carbocycles. The highest BCUT2D eigenvalue weighted by molar-refractivity contribution is 6.08. The largest absolute Gasteiger partial charge is 0.208 e. The second kappa shape index (κ2) is 14.9. The predicted molar refractivity (Wildman–Crippen MR) is 238 cm³/mol. The topological polar surface area (TPSA) is 62.5 Å². The first-order chi connectivity index (χ1) is 28.7. The Morgan fingerprint density at radius 1 is 0.310 bits per heavy atom. The Kier molecular flexibility index (Phi) is 8.87. The van der Waals surface area contributed by atoms with Crippen molar-refractivity contribution in [3.8, 4) is 84.7 Å². The number of rotatable bonds is 7. The lowest BCUT2D eigenvalue weighted by molar-refractivity contribution is 1.07. The van der Waals surface area contributed by atoms with Gasteiger partial charge in [-0.3, -0.25) is 0 Å². The van der Waals surface area contributed by atoms with Crippen molar-refractivity contribution in [2.24, 2.45) is 0 Å². The molecule has 10 rings (SSSR count). The number of fused-ring (bicyclic) bond motifs is 2. The third kappa shape index (κ3) is 6.57. The van der Waals surface area contributed by atoms with Gasteiger partial charge in [0.1, 0.15) is 0 Å². The summed E-state index contributed by atoms with van der Waals surface area (Å²) in [6.07, 6.45) is 0. The Labute approximate surface area is 337 Å². The van der Waals surface area contributed by atoms with Gasteiger partial charge in [-0.15, -0.1) is 0 Å². The summed E-state index contributed by atoms with van der Waals surface area (Å²) < 4.78 is 0. The maximum Gasteiger partial charge on any atom is 0.164 e. The minimum Gasteiger partial charge on any atom is -0.208 e. The maximum atomic E-state index is 9.31. The van der Waals surface area contributed by atoms with Crippen LogP contribution in [0, 0.1) is 11.3 Å². The molecule has 0 saturated carbocycles. The number of nitriles is 1. The van der Waals surface area contributed by atoms with Crippen molar-refractivity contribution in [1.29, 1.82) is 5.26 Å². The van der Waals surface area contributed by atoms with Crippen LogP contribution in [0.3, 0.4) is 0 Å². The lowest BCUT2D eigenvalue weighted by Crippen LogP contribution is -2.00. The van der Waals surface area contributed by atoms with Crippen LogP contribution in [0.25, 0.3) is 100 Å². The number of aromatic nitrogens is 3. The van der Waals surface area contributed by atoms with E-state index in [4.69, 9.17) is 15.0 Å². The summed E-state index contributed by atoms with van der Waals surface area (Å²) >= 11 is 0. The molecule has 0 aliphatic rings. The molecule has 270 valence electrons. The number of hydrogen-bond acceptors (Lipinski definition) is 4. The van der Waals surface area contributed by atoms with Crippen molar-refractivity contribution < 1.29 is 0 Å². The summed E-state index contributed by atoms with van der Waals surface area (Å²) in [7, 11) is 0. The molecule has 0 bridgehead atoms. The van der Waals surface area contributed by atoms with Gasteiger partial charge in [0.25, 0.3) is 0 Å². The second-order valence-electron chi connectivity index (χ2n) is 14.3. The van der Waals surface area contributed by atoms with Crippen molar-refractivity contribution in [3.63, 3.8) is 0 Å². The number of hydrogen-bond donors (Lipinski definition) is 0. The van der Waals surface area contributed by atoms with Gasteiger partial charge in [0.2, 0.25) is 0 Å². The van der Waals surface area contributed by atoms with Crippen LogP contribution >= 0.6 is 0 Å². The van der Waals surface area contributed by atoms with Crippen molar-refractivity contribution in [3.05, 3.63) is 212 Å². The molecule has 58 heavy (non-hydrogen) atoms. The van der Waals surface area contributed by atoms with E-state index in [-0.39, 0.29) is 0 Å². The normalized spacial score (nSPS) is 11.1. The highest BCUT2D eigenvalue weighted by Crippen LogP contribution is 2.44. The van der Waals surface area contributed by atoms with Gasteiger partial charge in [0, 0.05) is 16.7 Å². The summed E-state index contributed by atoms with van der Waals surface area (Å²) in [5.74, 6) is 1.90. The quantitative estimate of drug-likeness (QED) is 0.163. The fraction of sp³-hybridized carbons (Fsp3) is 0. The number of benzene rings is 9. The van der Waals surface area contributed by atoms with E-state index in [0.29, 0.717) is 23.0 Å². The minimum atomic E-state index is 0.624. The van der Waals surface area contributed by atoms with Crippen LogP contribution in [-0.4, -0.2) is 15.0 Å². The van der Waals surface area contributed by atoms with Crippen LogP contribution in [0.2, 0.25) is 0 Å². The average molecular weight is 739 g/mol. The average Bonchev–Trinajstić information content (AvgIpc) is 3.31. The molecule has 0 amide bonds. The van der Waals surface area contributed by atoms with Gasteiger partial charge < -0.3 is 0 Å². The third-order valence-electron chi connectivity index (χ3n) is 10.8. The van der Waals surface area contributed by atoms with Crippen LogP contribution in [0.15, 0.2) is 206 Å². The summed E-state index contributed by atoms with van der Waals surface area (Å²) in [5.41, 5.74) is 12.5. The number of nitrogens with zero attached hydrogens (tertiary/aromatic N) is 4. The van der Waals surface area contributed by atoms with Gasteiger partial charge in [-0.1, -0.05) is 182 Å². The van der Waals surface area contributed by atoms with E-state index in [1.54, 1.807) is 0 Å². The monoisotopic (exact) mass is 738 g/mol. The molecule has 10 aromatic rings. The van der Waals surface area contributed by atoms with Crippen molar-refractivity contribution in [1.82, 2.24) is 15.0 Å². The SMILES string of the molecule is N#Cc1ccc(-c2ccc(-c3c(-c4cc5ccccc5cc4-c4ccc(-c5nc(-c6ccccc6)nc(-c6ccccc6)n5)cc4)ccc4ccccc34)cc2)cc1. The zero-order valence-electron chi connectivity index (χ0n) is 31.4. The molecular formula is C54H34N4. The molecule has 0 unspecified atom stereocenters. The molecular weight excluding hydrogens is 705 g/mol.